The highest BCUT2D eigenvalue weighted by atomic mass is 35.5. The Morgan fingerprint density at radius 2 is 2.00 bits per heavy atom. The van der Waals surface area contributed by atoms with E-state index in [1.165, 1.54) is 0 Å². The molecule has 2 aromatic rings. The molecule has 0 fully saturated rings. The van der Waals surface area contributed by atoms with E-state index >= 15 is 0 Å². The van der Waals surface area contributed by atoms with E-state index in [1.54, 1.807) is 11.8 Å². The van der Waals surface area contributed by atoms with Crippen LogP contribution in [-0.2, 0) is 22.4 Å². The molecule has 5 heteroatoms. The van der Waals surface area contributed by atoms with Crippen LogP contribution in [0.3, 0.4) is 0 Å². The number of hydrogen-bond donors (Lipinski definition) is 1. The van der Waals surface area contributed by atoms with E-state index in [-0.39, 0.29) is 11.8 Å². The third-order valence-corrected chi connectivity index (χ3v) is 4.82. The minimum Gasteiger partial charge on any atom is -0.326 e. The predicted octanol–water partition coefficient (Wildman–Crippen LogP) is 4.21. The number of carbonyl (C=O) groups is 2. The smallest absolute Gasteiger partial charge is 0.224 e. The van der Waals surface area contributed by atoms with Crippen molar-refractivity contribution >= 4 is 34.8 Å². The number of hydrogen-bond acceptors (Lipinski definition) is 2. The molecule has 0 unspecified atom stereocenters. The van der Waals surface area contributed by atoms with Gasteiger partial charge in [-0.05, 0) is 48.6 Å². The van der Waals surface area contributed by atoms with Crippen LogP contribution < -0.4 is 10.2 Å². The van der Waals surface area contributed by atoms with Crippen LogP contribution in [0.1, 0.15) is 30.9 Å². The minimum atomic E-state index is -0.0284. The van der Waals surface area contributed by atoms with E-state index < -0.39 is 0 Å². The molecule has 0 aromatic heterocycles. The second kappa shape index (κ2) is 7.70. The molecule has 0 saturated carbocycles. The average Bonchev–Trinajstić information content (AvgIpc) is 3.00. The summed E-state index contributed by atoms with van der Waals surface area (Å²) in [7, 11) is 0. The number of rotatable bonds is 5. The molecule has 2 aromatic carbocycles. The molecular weight excluding hydrogens is 336 g/mol. The molecule has 1 N–H and O–H groups in total. The molecule has 1 heterocycles. The number of halogens is 1. The molecule has 0 bridgehead atoms. The van der Waals surface area contributed by atoms with Gasteiger partial charge >= 0.3 is 0 Å². The minimum absolute atomic E-state index is 0.0284. The van der Waals surface area contributed by atoms with E-state index in [0.717, 1.165) is 46.8 Å². The standard InChI is InChI=1S/C20H21ClN2O2/c1-14(24)23-12-11-16-9-10-17(13-19(16)23)22-20(25)8-4-6-15-5-2-3-7-18(15)21/h2-3,5,7,9-10,13H,4,6,8,11-12H2,1H3,(H,22,25). The molecule has 130 valence electrons. The van der Waals surface area contributed by atoms with Gasteiger partial charge in [0, 0.05) is 36.3 Å². The van der Waals surface area contributed by atoms with Gasteiger partial charge in [0.25, 0.3) is 0 Å². The summed E-state index contributed by atoms with van der Waals surface area (Å²) in [6.07, 6.45) is 2.80. The van der Waals surface area contributed by atoms with E-state index in [0.29, 0.717) is 13.0 Å². The van der Waals surface area contributed by atoms with E-state index in [2.05, 4.69) is 5.32 Å². The van der Waals surface area contributed by atoms with Crippen molar-refractivity contribution < 1.29 is 9.59 Å². The van der Waals surface area contributed by atoms with Gasteiger partial charge < -0.3 is 10.2 Å². The summed E-state index contributed by atoms with van der Waals surface area (Å²) < 4.78 is 0. The van der Waals surface area contributed by atoms with Gasteiger partial charge in [0.2, 0.25) is 11.8 Å². The van der Waals surface area contributed by atoms with Crippen molar-refractivity contribution in [1.29, 1.82) is 0 Å². The number of fused-ring (bicyclic) bond motifs is 1. The molecule has 3 rings (SSSR count). The number of nitrogens with one attached hydrogen (secondary N) is 1. The molecule has 0 atom stereocenters. The highest BCUT2D eigenvalue weighted by Crippen LogP contribution is 2.31. The number of anilines is 2. The molecule has 0 saturated heterocycles. The fraction of sp³-hybridized carbons (Fsp3) is 0.300. The first-order valence-corrected chi connectivity index (χ1v) is 8.86. The van der Waals surface area contributed by atoms with E-state index in [1.807, 2.05) is 42.5 Å². The number of nitrogens with zero attached hydrogens (tertiary/aromatic N) is 1. The normalized spacial score (nSPS) is 12.8. The lowest BCUT2D eigenvalue weighted by atomic mass is 10.1. The molecule has 0 radical (unpaired) electrons. The number of carbonyl (C=O) groups excluding carboxylic acids is 2. The lowest BCUT2D eigenvalue weighted by Gasteiger charge is -2.16. The van der Waals surface area contributed by atoms with Crippen LogP contribution in [0.5, 0.6) is 0 Å². The van der Waals surface area contributed by atoms with Crippen molar-refractivity contribution in [3.63, 3.8) is 0 Å². The van der Waals surface area contributed by atoms with Gasteiger partial charge in [-0.2, -0.15) is 0 Å². The molecule has 2 amide bonds. The lowest BCUT2D eigenvalue weighted by molar-refractivity contribution is -0.117. The highest BCUT2D eigenvalue weighted by molar-refractivity contribution is 6.31. The Kier molecular flexibility index (Phi) is 5.39. The average molecular weight is 357 g/mol. The van der Waals surface area contributed by atoms with Crippen molar-refractivity contribution in [3.05, 3.63) is 58.6 Å². The van der Waals surface area contributed by atoms with Gasteiger partial charge in [-0.3, -0.25) is 9.59 Å². The maximum absolute atomic E-state index is 12.2. The maximum atomic E-state index is 12.2. The van der Waals surface area contributed by atoms with Gasteiger partial charge in [0.1, 0.15) is 0 Å². The molecule has 1 aliphatic heterocycles. The molecule has 0 aliphatic carbocycles. The summed E-state index contributed by atoms with van der Waals surface area (Å²) in [5, 5.41) is 3.66. The summed E-state index contributed by atoms with van der Waals surface area (Å²) in [4.78, 5) is 25.6. The monoisotopic (exact) mass is 356 g/mol. The first kappa shape index (κ1) is 17.5. The molecule has 4 nitrogen and oxygen atoms in total. The van der Waals surface area contributed by atoms with Crippen molar-refractivity contribution in [2.45, 2.75) is 32.6 Å². The third kappa shape index (κ3) is 4.20. The third-order valence-electron chi connectivity index (χ3n) is 4.45. The SMILES string of the molecule is CC(=O)N1CCc2ccc(NC(=O)CCCc3ccccc3Cl)cc21. The fourth-order valence-electron chi connectivity index (χ4n) is 3.15. The molecule has 0 spiro atoms. The molecule has 1 aliphatic rings. The van der Waals surface area contributed by atoms with Crippen LogP contribution in [0.15, 0.2) is 42.5 Å². The zero-order chi connectivity index (χ0) is 17.8. The summed E-state index contributed by atoms with van der Waals surface area (Å²) in [5.74, 6) is 0.00124. The van der Waals surface area contributed by atoms with Gasteiger partial charge in [0.15, 0.2) is 0 Å². The Hall–Kier alpha value is -2.33. The van der Waals surface area contributed by atoms with Crippen molar-refractivity contribution in [3.8, 4) is 0 Å². The van der Waals surface area contributed by atoms with Crippen LogP contribution in [0.25, 0.3) is 0 Å². The number of aryl methyl sites for hydroxylation is 1. The number of benzene rings is 2. The first-order chi connectivity index (χ1) is 12.0. The van der Waals surface area contributed by atoms with Crippen LogP contribution in [0.4, 0.5) is 11.4 Å². The van der Waals surface area contributed by atoms with Crippen LogP contribution in [0.2, 0.25) is 5.02 Å². The van der Waals surface area contributed by atoms with E-state index in [4.69, 9.17) is 11.6 Å². The Labute approximate surface area is 152 Å². The maximum Gasteiger partial charge on any atom is 0.224 e. The Morgan fingerprint density at radius 3 is 2.76 bits per heavy atom. The Morgan fingerprint density at radius 1 is 1.20 bits per heavy atom. The highest BCUT2D eigenvalue weighted by Gasteiger charge is 2.22. The van der Waals surface area contributed by atoms with Gasteiger partial charge in [0.05, 0.1) is 0 Å². The van der Waals surface area contributed by atoms with Crippen LogP contribution in [-0.4, -0.2) is 18.4 Å². The summed E-state index contributed by atoms with van der Waals surface area (Å²) >= 11 is 6.13. The summed E-state index contributed by atoms with van der Waals surface area (Å²) in [6.45, 7) is 2.27. The zero-order valence-corrected chi connectivity index (χ0v) is 15.0. The van der Waals surface area contributed by atoms with E-state index in [9.17, 15) is 9.59 Å². The number of amides is 2. The quantitative estimate of drug-likeness (QED) is 0.872. The molecule has 25 heavy (non-hydrogen) atoms. The zero-order valence-electron chi connectivity index (χ0n) is 14.2. The van der Waals surface area contributed by atoms with Crippen LogP contribution >= 0.6 is 11.6 Å². The Bertz CT molecular complexity index is 804. The first-order valence-electron chi connectivity index (χ1n) is 8.49. The van der Waals surface area contributed by atoms with Crippen molar-refractivity contribution in [2.75, 3.05) is 16.8 Å². The van der Waals surface area contributed by atoms with Gasteiger partial charge in [-0.1, -0.05) is 35.9 Å². The van der Waals surface area contributed by atoms with Crippen molar-refractivity contribution in [2.24, 2.45) is 0 Å². The summed E-state index contributed by atoms with van der Waals surface area (Å²) in [5.41, 5.74) is 3.84. The summed E-state index contributed by atoms with van der Waals surface area (Å²) in [6, 6.07) is 13.5. The fourth-order valence-corrected chi connectivity index (χ4v) is 3.38. The predicted molar refractivity (Wildman–Crippen MR) is 101 cm³/mol. The largest absolute Gasteiger partial charge is 0.326 e. The van der Waals surface area contributed by atoms with Crippen LogP contribution in [0, 0.1) is 0 Å². The Balaban J connectivity index is 1.56. The topological polar surface area (TPSA) is 49.4 Å². The molecular formula is C20H21ClN2O2. The van der Waals surface area contributed by atoms with Crippen molar-refractivity contribution in [1.82, 2.24) is 0 Å². The van der Waals surface area contributed by atoms with Gasteiger partial charge in [-0.25, -0.2) is 0 Å². The second-order valence-corrected chi connectivity index (χ2v) is 6.66. The lowest BCUT2D eigenvalue weighted by Crippen LogP contribution is -2.25. The second-order valence-electron chi connectivity index (χ2n) is 6.26. The van der Waals surface area contributed by atoms with Gasteiger partial charge in [-0.15, -0.1) is 0 Å².